The first-order valence-electron chi connectivity index (χ1n) is 4.69. The molecule has 1 aromatic rings. The molecule has 0 saturated heterocycles. The zero-order valence-corrected chi connectivity index (χ0v) is 8.56. The van der Waals surface area contributed by atoms with E-state index in [2.05, 4.69) is 10.3 Å². The monoisotopic (exact) mass is 198 g/mol. The first kappa shape index (κ1) is 8.97. The maximum atomic E-state index is 5.29. The molecule has 1 aromatic heterocycles. The van der Waals surface area contributed by atoms with Gasteiger partial charge in [0.1, 0.15) is 0 Å². The van der Waals surface area contributed by atoms with Gasteiger partial charge < -0.3 is 10.1 Å². The second kappa shape index (κ2) is 4.07. The Morgan fingerprint density at radius 2 is 2.54 bits per heavy atom. The number of rotatable bonds is 5. The molecule has 2 rings (SSSR count). The molecule has 1 fully saturated rings. The molecule has 13 heavy (non-hydrogen) atoms. The van der Waals surface area contributed by atoms with Crippen LogP contribution in [-0.2, 0) is 6.54 Å². The maximum Gasteiger partial charge on any atom is 0.273 e. The molecular formula is C9H14N2OS. The van der Waals surface area contributed by atoms with Gasteiger partial charge in [0.25, 0.3) is 5.19 Å². The Morgan fingerprint density at radius 3 is 3.23 bits per heavy atom. The van der Waals surface area contributed by atoms with E-state index in [0.29, 0.717) is 6.61 Å². The van der Waals surface area contributed by atoms with E-state index in [4.69, 9.17) is 4.74 Å². The van der Waals surface area contributed by atoms with E-state index in [1.807, 2.05) is 13.1 Å². The fraction of sp³-hybridized carbons (Fsp3) is 0.667. The van der Waals surface area contributed by atoms with E-state index in [9.17, 15) is 0 Å². The summed E-state index contributed by atoms with van der Waals surface area (Å²) in [4.78, 5) is 5.42. The van der Waals surface area contributed by atoms with Crippen LogP contribution in [0.1, 0.15) is 24.6 Å². The van der Waals surface area contributed by atoms with Crippen LogP contribution in [0.25, 0.3) is 0 Å². The Bertz CT molecular complexity index is 270. The van der Waals surface area contributed by atoms with Gasteiger partial charge in [-0.2, -0.15) is 0 Å². The Morgan fingerprint density at radius 1 is 1.69 bits per heavy atom. The summed E-state index contributed by atoms with van der Waals surface area (Å²) in [7, 11) is 0. The molecule has 0 aromatic carbocycles. The van der Waals surface area contributed by atoms with Gasteiger partial charge in [-0.3, -0.25) is 0 Å². The number of hydrogen-bond acceptors (Lipinski definition) is 4. The molecule has 1 heterocycles. The van der Waals surface area contributed by atoms with E-state index in [0.717, 1.165) is 17.8 Å². The van der Waals surface area contributed by atoms with Crippen LogP contribution in [0.15, 0.2) is 6.20 Å². The van der Waals surface area contributed by atoms with Crippen LogP contribution in [0, 0.1) is 0 Å². The molecule has 0 atom stereocenters. The quantitative estimate of drug-likeness (QED) is 0.783. The van der Waals surface area contributed by atoms with Gasteiger partial charge in [-0.25, -0.2) is 4.98 Å². The number of nitrogens with one attached hydrogen (secondary N) is 1. The van der Waals surface area contributed by atoms with E-state index in [1.165, 1.54) is 17.7 Å². The van der Waals surface area contributed by atoms with E-state index in [-0.39, 0.29) is 0 Å². The Balaban J connectivity index is 1.81. The molecule has 4 heteroatoms. The summed E-state index contributed by atoms with van der Waals surface area (Å²) in [5, 5.41) is 4.23. The Hall–Kier alpha value is -0.610. The topological polar surface area (TPSA) is 34.1 Å². The minimum atomic E-state index is 0.697. The zero-order chi connectivity index (χ0) is 9.10. The molecule has 0 amide bonds. The number of nitrogens with zero attached hydrogens (tertiary/aromatic N) is 1. The van der Waals surface area contributed by atoms with Gasteiger partial charge in [-0.1, -0.05) is 11.3 Å². The highest BCUT2D eigenvalue weighted by molar-refractivity contribution is 7.13. The number of aromatic nitrogens is 1. The molecule has 1 saturated carbocycles. The molecule has 1 N–H and O–H groups in total. The molecule has 72 valence electrons. The number of hydrogen-bond donors (Lipinski definition) is 1. The smallest absolute Gasteiger partial charge is 0.273 e. The van der Waals surface area contributed by atoms with Crippen LogP contribution in [0.3, 0.4) is 0 Å². The summed E-state index contributed by atoms with van der Waals surface area (Å²) >= 11 is 1.63. The molecule has 0 bridgehead atoms. The van der Waals surface area contributed by atoms with Crippen molar-refractivity contribution in [3.63, 3.8) is 0 Å². The molecule has 3 nitrogen and oxygen atoms in total. The standard InChI is InChI=1S/C9H14N2OS/c1-2-12-9-11-6-8(13-9)5-10-7-3-4-7/h6-7,10H,2-5H2,1H3. The Labute approximate surface area is 82.1 Å². The maximum absolute atomic E-state index is 5.29. The van der Waals surface area contributed by atoms with Crippen molar-refractivity contribution in [2.24, 2.45) is 0 Å². The summed E-state index contributed by atoms with van der Waals surface area (Å²) in [6.45, 7) is 3.61. The molecule has 0 unspecified atom stereocenters. The average Bonchev–Trinajstić information content (AvgIpc) is 2.85. The molecule has 1 aliphatic rings. The zero-order valence-electron chi connectivity index (χ0n) is 7.75. The van der Waals surface area contributed by atoms with Gasteiger partial charge in [0.15, 0.2) is 0 Å². The minimum absolute atomic E-state index is 0.697. The van der Waals surface area contributed by atoms with Crippen molar-refractivity contribution < 1.29 is 4.74 Å². The third kappa shape index (κ3) is 2.67. The second-order valence-electron chi connectivity index (χ2n) is 3.18. The normalized spacial score (nSPS) is 16.1. The van der Waals surface area contributed by atoms with Gasteiger partial charge in [-0.15, -0.1) is 0 Å². The van der Waals surface area contributed by atoms with Crippen molar-refractivity contribution in [3.8, 4) is 5.19 Å². The predicted octanol–water partition coefficient (Wildman–Crippen LogP) is 1.79. The van der Waals surface area contributed by atoms with Gasteiger partial charge in [0.2, 0.25) is 0 Å². The van der Waals surface area contributed by atoms with E-state index >= 15 is 0 Å². The summed E-state index contributed by atoms with van der Waals surface area (Å²) < 4.78 is 5.29. The highest BCUT2D eigenvalue weighted by Crippen LogP contribution is 2.23. The minimum Gasteiger partial charge on any atom is -0.470 e. The summed E-state index contributed by atoms with van der Waals surface area (Å²) in [6.07, 6.45) is 4.55. The lowest BCUT2D eigenvalue weighted by molar-refractivity contribution is 0.338. The fourth-order valence-corrected chi connectivity index (χ4v) is 1.86. The first-order chi connectivity index (χ1) is 6.38. The van der Waals surface area contributed by atoms with Crippen molar-refractivity contribution >= 4 is 11.3 Å². The third-order valence-electron chi connectivity index (χ3n) is 1.94. The second-order valence-corrected chi connectivity index (χ2v) is 4.26. The molecule has 0 radical (unpaired) electrons. The van der Waals surface area contributed by atoms with Crippen molar-refractivity contribution in [3.05, 3.63) is 11.1 Å². The average molecular weight is 198 g/mol. The van der Waals surface area contributed by atoms with Crippen LogP contribution >= 0.6 is 11.3 Å². The Kier molecular flexibility index (Phi) is 2.80. The highest BCUT2D eigenvalue weighted by Gasteiger charge is 2.20. The van der Waals surface area contributed by atoms with Crippen LogP contribution in [-0.4, -0.2) is 17.6 Å². The van der Waals surface area contributed by atoms with Crippen LogP contribution < -0.4 is 10.1 Å². The van der Waals surface area contributed by atoms with Gasteiger partial charge in [-0.05, 0) is 19.8 Å². The van der Waals surface area contributed by atoms with Crippen molar-refractivity contribution in [2.75, 3.05) is 6.61 Å². The summed E-state index contributed by atoms with van der Waals surface area (Å²) in [5.41, 5.74) is 0. The highest BCUT2D eigenvalue weighted by atomic mass is 32.1. The van der Waals surface area contributed by atoms with Gasteiger partial charge in [0, 0.05) is 23.7 Å². The van der Waals surface area contributed by atoms with E-state index in [1.54, 1.807) is 11.3 Å². The van der Waals surface area contributed by atoms with Gasteiger partial charge >= 0.3 is 0 Å². The fourth-order valence-electron chi connectivity index (χ4n) is 1.09. The van der Waals surface area contributed by atoms with Crippen molar-refractivity contribution in [1.82, 2.24) is 10.3 Å². The molecule has 0 aliphatic heterocycles. The molecule has 1 aliphatic carbocycles. The van der Waals surface area contributed by atoms with Crippen molar-refractivity contribution in [2.45, 2.75) is 32.4 Å². The van der Waals surface area contributed by atoms with E-state index < -0.39 is 0 Å². The number of thiazole rings is 1. The predicted molar refractivity (Wildman–Crippen MR) is 53.1 cm³/mol. The molecule has 0 spiro atoms. The number of ether oxygens (including phenoxy) is 1. The van der Waals surface area contributed by atoms with Crippen molar-refractivity contribution in [1.29, 1.82) is 0 Å². The lowest BCUT2D eigenvalue weighted by atomic mass is 10.5. The SMILES string of the molecule is CCOc1ncc(CNC2CC2)s1. The third-order valence-corrected chi connectivity index (χ3v) is 2.85. The lowest BCUT2D eigenvalue weighted by Gasteiger charge is -1.97. The van der Waals surface area contributed by atoms with Crippen LogP contribution in [0.4, 0.5) is 0 Å². The summed E-state index contributed by atoms with van der Waals surface area (Å²) in [6, 6.07) is 0.762. The van der Waals surface area contributed by atoms with Crippen LogP contribution in [0.5, 0.6) is 5.19 Å². The lowest BCUT2D eigenvalue weighted by Crippen LogP contribution is -2.14. The first-order valence-corrected chi connectivity index (χ1v) is 5.51. The van der Waals surface area contributed by atoms with Gasteiger partial charge in [0.05, 0.1) is 6.61 Å². The summed E-state index contributed by atoms with van der Waals surface area (Å²) in [5.74, 6) is 0. The largest absolute Gasteiger partial charge is 0.470 e. The van der Waals surface area contributed by atoms with Crippen LogP contribution in [0.2, 0.25) is 0 Å². The molecular weight excluding hydrogens is 184 g/mol.